The highest BCUT2D eigenvalue weighted by atomic mass is 16.6. The molecule has 0 saturated carbocycles. The van der Waals surface area contributed by atoms with Crippen LogP contribution in [-0.2, 0) is 14.3 Å². The van der Waals surface area contributed by atoms with Crippen LogP contribution in [-0.4, -0.2) is 11.9 Å². The van der Waals surface area contributed by atoms with Crippen LogP contribution in [0.15, 0.2) is 0 Å². The highest BCUT2D eigenvalue weighted by Gasteiger charge is 2.36. The Morgan fingerprint density at radius 1 is 1.42 bits per heavy atom. The van der Waals surface area contributed by atoms with Gasteiger partial charge in [0.15, 0.2) is 0 Å². The van der Waals surface area contributed by atoms with E-state index in [2.05, 4.69) is 4.74 Å². The fourth-order valence-electron chi connectivity index (χ4n) is 1.77. The number of carbonyl (C=O) groups excluding carboxylic acids is 2. The molecule has 0 amide bonds. The number of hydrogen-bond acceptors (Lipinski definition) is 3. The Morgan fingerprint density at radius 3 is 2.42 bits per heavy atom. The number of esters is 2. The molecular formula is C9H14O3. The van der Waals surface area contributed by atoms with Crippen LogP contribution in [0, 0.1) is 17.8 Å². The maximum Gasteiger partial charge on any atom is 0.317 e. The molecule has 0 radical (unpaired) electrons. The highest BCUT2D eigenvalue weighted by molar-refractivity contribution is 5.89. The molecule has 1 unspecified atom stereocenters. The molecule has 2 atom stereocenters. The van der Waals surface area contributed by atoms with Gasteiger partial charge < -0.3 is 4.74 Å². The molecule has 1 rings (SSSR count). The Hall–Kier alpha value is -0.860. The van der Waals surface area contributed by atoms with Crippen LogP contribution < -0.4 is 0 Å². The van der Waals surface area contributed by atoms with Gasteiger partial charge in [-0.2, -0.15) is 0 Å². The van der Waals surface area contributed by atoms with Gasteiger partial charge in [0.2, 0.25) is 0 Å². The number of ether oxygens (including phenoxy) is 1. The van der Waals surface area contributed by atoms with Gasteiger partial charge in [-0.05, 0) is 11.8 Å². The molecule has 0 aliphatic carbocycles. The van der Waals surface area contributed by atoms with Crippen LogP contribution in [0.3, 0.4) is 0 Å². The van der Waals surface area contributed by atoms with Crippen LogP contribution in [0.25, 0.3) is 0 Å². The van der Waals surface area contributed by atoms with Crippen molar-refractivity contribution >= 4 is 11.9 Å². The summed E-state index contributed by atoms with van der Waals surface area (Å²) in [5, 5.41) is 0. The summed E-state index contributed by atoms with van der Waals surface area (Å²) in [5.41, 5.74) is 0. The summed E-state index contributed by atoms with van der Waals surface area (Å²) in [4.78, 5) is 22.0. The molecule has 1 heterocycles. The maximum atomic E-state index is 11.2. The van der Waals surface area contributed by atoms with E-state index in [1.807, 2.05) is 20.8 Å². The minimum Gasteiger partial charge on any atom is -0.393 e. The summed E-state index contributed by atoms with van der Waals surface area (Å²) in [7, 11) is 0. The molecule has 0 aromatic rings. The first kappa shape index (κ1) is 9.23. The lowest BCUT2D eigenvalue weighted by Gasteiger charge is -2.28. The number of carbonyl (C=O) groups is 2. The summed E-state index contributed by atoms with van der Waals surface area (Å²) >= 11 is 0. The van der Waals surface area contributed by atoms with E-state index in [1.54, 1.807) is 0 Å². The lowest BCUT2D eigenvalue weighted by molar-refractivity contribution is -0.171. The van der Waals surface area contributed by atoms with E-state index in [4.69, 9.17) is 0 Å². The Bertz CT molecular complexity index is 208. The Kier molecular flexibility index (Phi) is 2.50. The predicted octanol–water partition coefficient (Wildman–Crippen LogP) is 1.37. The number of cyclic esters (lactones) is 2. The van der Waals surface area contributed by atoms with Crippen LogP contribution in [0.5, 0.6) is 0 Å². The lowest BCUT2D eigenvalue weighted by Crippen LogP contribution is -2.37. The van der Waals surface area contributed by atoms with Crippen LogP contribution in [0.2, 0.25) is 0 Å². The topological polar surface area (TPSA) is 43.4 Å². The zero-order chi connectivity index (χ0) is 9.30. The molecule has 1 aliphatic rings. The van der Waals surface area contributed by atoms with Gasteiger partial charge in [-0.1, -0.05) is 20.8 Å². The van der Waals surface area contributed by atoms with Crippen molar-refractivity contribution in [3.63, 3.8) is 0 Å². The van der Waals surface area contributed by atoms with Gasteiger partial charge in [0.1, 0.15) is 0 Å². The quantitative estimate of drug-likeness (QED) is 0.441. The van der Waals surface area contributed by atoms with Crippen LogP contribution in [0.1, 0.15) is 27.2 Å². The van der Waals surface area contributed by atoms with Gasteiger partial charge in [0.05, 0.1) is 5.92 Å². The molecule has 12 heavy (non-hydrogen) atoms. The Labute approximate surface area is 72.1 Å². The van der Waals surface area contributed by atoms with Gasteiger partial charge in [-0.3, -0.25) is 9.59 Å². The average molecular weight is 170 g/mol. The van der Waals surface area contributed by atoms with Gasteiger partial charge in [-0.15, -0.1) is 0 Å². The minimum atomic E-state index is -0.385. The van der Waals surface area contributed by atoms with Crippen LogP contribution in [0.4, 0.5) is 0 Å². The summed E-state index contributed by atoms with van der Waals surface area (Å²) in [6.07, 6.45) is 0.370. The highest BCUT2D eigenvalue weighted by Crippen LogP contribution is 2.29. The first-order chi connectivity index (χ1) is 5.52. The molecule has 3 nitrogen and oxygen atoms in total. The van der Waals surface area contributed by atoms with Gasteiger partial charge in [-0.25, -0.2) is 0 Å². The van der Waals surface area contributed by atoms with Gasteiger partial charge in [0, 0.05) is 6.42 Å². The Balaban J connectivity index is 2.73. The molecule has 1 saturated heterocycles. The fourth-order valence-corrected chi connectivity index (χ4v) is 1.77. The van der Waals surface area contributed by atoms with E-state index in [0.29, 0.717) is 6.42 Å². The molecule has 68 valence electrons. The average Bonchev–Trinajstić information content (AvgIpc) is 1.82. The third-order valence-corrected chi connectivity index (χ3v) is 2.31. The van der Waals surface area contributed by atoms with Gasteiger partial charge >= 0.3 is 11.9 Å². The predicted molar refractivity (Wildman–Crippen MR) is 43.2 cm³/mol. The molecule has 0 aromatic carbocycles. The summed E-state index contributed by atoms with van der Waals surface area (Å²) in [6.45, 7) is 5.86. The van der Waals surface area contributed by atoms with Gasteiger partial charge in [0.25, 0.3) is 0 Å². The lowest BCUT2D eigenvalue weighted by atomic mass is 9.81. The second-order valence-electron chi connectivity index (χ2n) is 3.74. The Morgan fingerprint density at radius 2 is 2.00 bits per heavy atom. The minimum absolute atomic E-state index is 0.109. The van der Waals surface area contributed by atoms with E-state index < -0.39 is 0 Å². The van der Waals surface area contributed by atoms with Crippen molar-refractivity contribution in [3.05, 3.63) is 0 Å². The standard InChI is InChI=1S/C9H14O3/c1-5(2)8-6(3)4-7(10)12-9(8)11/h5-6,8H,4H2,1-3H3/t6?,8-/m0/s1. The molecule has 1 aliphatic heterocycles. The van der Waals surface area contributed by atoms with E-state index >= 15 is 0 Å². The zero-order valence-electron chi connectivity index (χ0n) is 7.66. The molecule has 3 heteroatoms. The molecule has 0 spiro atoms. The third-order valence-electron chi connectivity index (χ3n) is 2.31. The normalized spacial score (nSPS) is 30.7. The first-order valence-electron chi connectivity index (χ1n) is 4.27. The summed E-state index contributed by atoms with van der Waals surface area (Å²) in [5.74, 6) is -0.472. The third kappa shape index (κ3) is 1.65. The number of hydrogen-bond donors (Lipinski definition) is 0. The SMILES string of the molecule is CC(C)[C@@H]1C(=O)OC(=O)CC1C. The van der Waals surface area contributed by atoms with Crippen molar-refractivity contribution in [2.24, 2.45) is 17.8 Å². The van der Waals surface area contributed by atoms with E-state index in [-0.39, 0.29) is 29.7 Å². The smallest absolute Gasteiger partial charge is 0.317 e. The van der Waals surface area contributed by atoms with Crippen LogP contribution >= 0.6 is 0 Å². The van der Waals surface area contributed by atoms with Crippen molar-refractivity contribution in [1.29, 1.82) is 0 Å². The van der Waals surface area contributed by atoms with E-state index in [9.17, 15) is 9.59 Å². The molecule has 0 aromatic heterocycles. The van der Waals surface area contributed by atoms with Crippen molar-refractivity contribution in [3.8, 4) is 0 Å². The first-order valence-corrected chi connectivity index (χ1v) is 4.27. The largest absolute Gasteiger partial charge is 0.393 e. The molecule has 0 bridgehead atoms. The maximum absolute atomic E-state index is 11.2. The summed E-state index contributed by atoms with van der Waals surface area (Å²) < 4.78 is 4.55. The molecular weight excluding hydrogens is 156 g/mol. The molecule has 1 fully saturated rings. The molecule has 0 N–H and O–H groups in total. The zero-order valence-corrected chi connectivity index (χ0v) is 7.66. The van der Waals surface area contributed by atoms with Crippen molar-refractivity contribution < 1.29 is 14.3 Å². The fraction of sp³-hybridized carbons (Fsp3) is 0.778. The van der Waals surface area contributed by atoms with Crippen molar-refractivity contribution in [1.82, 2.24) is 0 Å². The second-order valence-corrected chi connectivity index (χ2v) is 3.74. The monoisotopic (exact) mass is 170 g/mol. The van der Waals surface area contributed by atoms with Crippen molar-refractivity contribution in [2.45, 2.75) is 27.2 Å². The summed E-state index contributed by atoms with van der Waals surface area (Å²) in [6, 6.07) is 0. The van der Waals surface area contributed by atoms with E-state index in [0.717, 1.165) is 0 Å². The second kappa shape index (κ2) is 3.25. The van der Waals surface area contributed by atoms with Crippen molar-refractivity contribution in [2.75, 3.05) is 0 Å². The van der Waals surface area contributed by atoms with E-state index in [1.165, 1.54) is 0 Å². The number of rotatable bonds is 1.